The van der Waals surface area contributed by atoms with Crippen LogP contribution >= 0.6 is 0 Å². The molecule has 7 amide bonds. The number of fused-ring (bicyclic) bond motifs is 5. The first-order valence-corrected chi connectivity index (χ1v) is 43.1. The van der Waals surface area contributed by atoms with Gasteiger partial charge in [-0.3, -0.25) is 38.7 Å². The van der Waals surface area contributed by atoms with Crippen LogP contribution in [0.2, 0.25) is 0 Å². The van der Waals surface area contributed by atoms with Crippen LogP contribution in [-0.2, 0) is 89.0 Å². The van der Waals surface area contributed by atoms with Crippen LogP contribution in [0.5, 0.6) is 5.75 Å². The predicted octanol–water partition coefficient (Wildman–Crippen LogP) is 10.6. The highest BCUT2D eigenvalue weighted by Gasteiger charge is 2.43. The number of aromatic nitrogens is 3. The zero-order valence-electron chi connectivity index (χ0n) is 70.8. The Balaban J connectivity index is 0.874. The van der Waals surface area contributed by atoms with Gasteiger partial charge in [0.1, 0.15) is 65.3 Å². The Hall–Kier alpha value is -13.4. The number of carbonyl (C=O) groups excluding carboxylic acids is 9. The van der Waals surface area contributed by atoms with Crippen LogP contribution in [-0.4, -0.2) is 156 Å². The lowest BCUT2D eigenvalue weighted by Gasteiger charge is -2.37. The van der Waals surface area contributed by atoms with Gasteiger partial charge in [-0.25, -0.2) is 32.5 Å². The number of ether oxygens (including phenoxy) is 4. The SMILES string of the molecule is COC(=O)[C@@H]1CCCCNC(=O)C[C@H](NC(=O)OCC2c3ccccc3-c3ccccc32)C(=O)N[C@@H](Cc2cn(C(c3ccccc3)(c3ccccc3)c3ccccc3)cn2)C(=O)N[C@H](Cc2ccccc2)C(=O)N[C@@H](CCCNC(=N)NS(=O)(=O)c2c(C)c(C)c3c(c2C)CC(C)(C)O3)C(=O)N[C@@H](Cc2cn(C(=O)OC(C)(C)C)c3ccccc23)C(=O)N1. The number of guanidine groups is 1. The maximum absolute atomic E-state index is 16.1. The molecular weight excluding hydrogens is 1600 g/mol. The van der Waals surface area contributed by atoms with Crippen molar-refractivity contribution < 1.29 is 70.5 Å². The summed E-state index contributed by atoms with van der Waals surface area (Å²) in [7, 11) is -3.30. The molecule has 10 aromatic rings. The quantitative estimate of drug-likeness (QED) is 0.00846. The number of nitrogens with one attached hydrogen (secondary N) is 10. The predicted molar refractivity (Wildman–Crippen MR) is 467 cm³/mol. The molecule has 10 N–H and O–H groups in total. The van der Waals surface area contributed by atoms with Gasteiger partial charge >= 0.3 is 18.2 Å². The van der Waals surface area contributed by atoms with Gasteiger partial charge in [0.25, 0.3) is 10.0 Å². The molecule has 1 saturated heterocycles. The first kappa shape index (κ1) is 88.3. The van der Waals surface area contributed by atoms with E-state index in [1.54, 1.807) is 109 Å². The van der Waals surface area contributed by atoms with Crippen LogP contribution in [0.25, 0.3) is 22.0 Å². The molecule has 2 aliphatic heterocycles. The number of amides is 7. The monoisotopic (exact) mass is 1700 g/mol. The van der Waals surface area contributed by atoms with Crippen LogP contribution in [0.15, 0.2) is 218 Å². The summed E-state index contributed by atoms with van der Waals surface area (Å²) in [5, 5.41) is 32.0. The molecule has 8 aromatic carbocycles. The van der Waals surface area contributed by atoms with E-state index in [1.807, 2.05) is 158 Å². The molecule has 0 spiro atoms. The fourth-order valence-corrected chi connectivity index (χ4v) is 18.3. The number of carbonyl (C=O) groups is 9. The number of alkyl carbamates (subject to hydrolysis) is 1. The first-order chi connectivity index (χ1) is 59.4. The summed E-state index contributed by atoms with van der Waals surface area (Å²) in [5.74, 6) is -6.81. The topological polar surface area (TPSA) is 380 Å². The van der Waals surface area contributed by atoms with Crippen molar-refractivity contribution in [2.45, 2.75) is 183 Å². The van der Waals surface area contributed by atoms with E-state index in [4.69, 9.17) is 29.3 Å². The maximum atomic E-state index is 16.1. The number of hydrogen-bond acceptors (Lipinski definition) is 17. The van der Waals surface area contributed by atoms with Crippen molar-refractivity contribution in [3.8, 4) is 16.9 Å². The van der Waals surface area contributed by atoms with Crippen LogP contribution in [0.4, 0.5) is 9.59 Å². The molecule has 646 valence electrons. The fraction of sp³-hybridized carbons (Fsp3) is 0.337. The van der Waals surface area contributed by atoms with E-state index in [2.05, 4.69) is 47.3 Å². The van der Waals surface area contributed by atoms with E-state index in [-0.39, 0.29) is 75.2 Å². The lowest BCUT2D eigenvalue weighted by atomic mass is 9.77. The summed E-state index contributed by atoms with van der Waals surface area (Å²) in [6.07, 6.45) is 1.67. The van der Waals surface area contributed by atoms with Crippen LogP contribution in [0.3, 0.4) is 0 Å². The molecule has 2 aromatic heterocycles. The van der Waals surface area contributed by atoms with Crippen LogP contribution in [0.1, 0.15) is 146 Å². The third-order valence-electron chi connectivity index (χ3n) is 22.8. The average molecular weight is 1700 g/mol. The number of rotatable bonds is 20. The van der Waals surface area contributed by atoms with Crippen molar-refractivity contribution in [3.05, 3.63) is 280 Å². The zero-order chi connectivity index (χ0) is 88.2. The van der Waals surface area contributed by atoms with E-state index in [0.29, 0.717) is 50.9 Å². The van der Waals surface area contributed by atoms with Gasteiger partial charge in [-0.2, -0.15) is 0 Å². The van der Waals surface area contributed by atoms with Crippen molar-refractivity contribution in [2.75, 3.05) is 26.8 Å². The molecule has 0 unspecified atom stereocenters. The second-order valence-electron chi connectivity index (χ2n) is 33.2. The Kier molecular flexibility index (Phi) is 27.3. The number of nitrogens with zero attached hydrogens (tertiary/aromatic N) is 3. The summed E-state index contributed by atoms with van der Waals surface area (Å²) < 4.78 is 57.8. The molecule has 1 aliphatic carbocycles. The molecule has 28 nitrogen and oxygen atoms in total. The van der Waals surface area contributed by atoms with Crippen molar-refractivity contribution >= 4 is 80.5 Å². The number of imidazole rings is 1. The molecular formula is C95H105N13O15S. The normalized spacial score (nSPS) is 18.7. The Bertz CT molecular complexity index is 5610. The van der Waals surface area contributed by atoms with Crippen molar-refractivity contribution in [3.63, 3.8) is 0 Å². The van der Waals surface area contributed by atoms with Gasteiger partial charge in [-0.1, -0.05) is 188 Å². The number of methoxy groups -OCH3 is 1. The standard InChI is InChI=1S/C95H105N13O15S/c1-58-59(2)83(60(3)72-53-94(7,8)122-82(58)72)124(118,119)106-90(96)98-48-30-45-74-84(110)103-77(50-62-54-108(92(117)123-93(4,5)6)80-46-27-26-39-67(62)80)86(112)101-75(89(115)120-9)44-28-29-47-97-81(109)52-79(105-91(116)121-56-73-70-42-24-22-40-68(70)69-41-23-25-43-71(69)73)88(114)104-78(87(113)102-76(85(111)100-74)49-61-31-14-10-15-32-61)51-66-55-107(57-99-66)95(63-33-16-11-17-34-63,64-35-18-12-19-36-64)65-37-20-13-21-38-65/h10-27,31-43,46,54-55,57,73-79H,28-30,44-45,47-53,56H2,1-9H3,(H,97,109)(H,100,111)(H,101,112)(H,102,113)(H,103,110)(H,104,114)(H,105,116)(H3,96,98,106)/t74-,75-,76+,77-,78-,79-/m0/s1. The van der Waals surface area contributed by atoms with E-state index in [0.717, 1.165) is 51.6 Å². The summed E-state index contributed by atoms with van der Waals surface area (Å²) >= 11 is 0. The van der Waals surface area contributed by atoms with E-state index in [9.17, 15) is 27.6 Å². The van der Waals surface area contributed by atoms with Gasteiger partial charge in [0, 0.05) is 68.0 Å². The second-order valence-corrected chi connectivity index (χ2v) is 34.8. The van der Waals surface area contributed by atoms with Crippen molar-refractivity contribution in [1.82, 2.24) is 61.4 Å². The molecule has 0 bridgehead atoms. The van der Waals surface area contributed by atoms with Gasteiger partial charge < -0.3 is 66.0 Å². The second kappa shape index (κ2) is 38.3. The highest BCUT2D eigenvalue weighted by atomic mass is 32.2. The first-order valence-electron chi connectivity index (χ1n) is 41.6. The molecule has 3 aliphatic rings. The number of esters is 1. The Labute approximate surface area is 720 Å². The van der Waals surface area contributed by atoms with E-state index < -0.39 is 141 Å². The maximum Gasteiger partial charge on any atom is 0.419 e. The average Bonchev–Trinajstić information content (AvgIpc) is 1.28. The Morgan fingerprint density at radius 1 is 0.629 bits per heavy atom. The number of benzene rings is 8. The van der Waals surface area contributed by atoms with Gasteiger partial charge in [-0.05, 0) is 160 Å². The summed E-state index contributed by atoms with van der Waals surface area (Å²) in [6.45, 7) is 13.7. The van der Waals surface area contributed by atoms with Gasteiger partial charge in [0.05, 0.1) is 36.0 Å². The van der Waals surface area contributed by atoms with Crippen molar-refractivity contribution in [2.24, 2.45) is 0 Å². The molecule has 29 heteroatoms. The molecule has 0 saturated carbocycles. The van der Waals surface area contributed by atoms with E-state index in [1.165, 1.54) is 10.8 Å². The lowest BCUT2D eigenvalue weighted by Crippen LogP contribution is -2.60. The molecule has 4 heterocycles. The summed E-state index contributed by atoms with van der Waals surface area (Å²) in [4.78, 5) is 141. The smallest absolute Gasteiger partial charge is 0.419 e. The van der Waals surface area contributed by atoms with Gasteiger partial charge in [0.2, 0.25) is 41.4 Å². The minimum Gasteiger partial charge on any atom is -0.487 e. The number of sulfonamides is 1. The molecule has 13 rings (SSSR count). The fourth-order valence-electron chi connectivity index (χ4n) is 16.8. The molecule has 124 heavy (non-hydrogen) atoms. The van der Waals surface area contributed by atoms with Crippen LogP contribution in [0, 0.1) is 26.2 Å². The molecule has 6 atom stereocenters. The Morgan fingerprint density at radius 3 is 1.78 bits per heavy atom. The lowest BCUT2D eigenvalue weighted by molar-refractivity contribution is -0.145. The third-order valence-corrected chi connectivity index (χ3v) is 24.4. The number of hydrogen-bond donors (Lipinski definition) is 10. The van der Waals surface area contributed by atoms with Crippen molar-refractivity contribution in [1.29, 1.82) is 5.41 Å². The summed E-state index contributed by atoms with van der Waals surface area (Å²) in [6, 6.07) is 50.5. The zero-order valence-corrected chi connectivity index (χ0v) is 71.6. The van der Waals surface area contributed by atoms with Crippen LogP contribution < -0.4 is 52.0 Å². The molecule has 1 fully saturated rings. The number of para-hydroxylation sites is 1. The highest BCUT2D eigenvalue weighted by molar-refractivity contribution is 7.90. The Morgan fingerprint density at radius 2 is 1.17 bits per heavy atom. The van der Waals surface area contributed by atoms with Gasteiger partial charge in [-0.15, -0.1) is 0 Å². The molecule has 0 radical (unpaired) electrons. The minimum absolute atomic E-state index is 0.0122. The highest BCUT2D eigenvalue weighted by Crippen LogP contribution is 2.47. The van der Waals surface area contributed by atoms with E-state index >= 15 is 24.0 Å². The third kappa shape index (κ3) is 20.3. The van der Waals surface area contributed by atoms with Gasteiger partial charge in [0.15, 0.2) is 0 Å². The largest absolute Gasteiger partial charge is 0.487 e. The summed E-state index contributed by atoms with van der Waals surface area (Å²) in [5.41, 5.74) is 7.42. The minimum atomic E-state index is -4.43.